The topological polar surface area (TPSA) is 31.2 Å². The fraction of sp³-hybridized carbons (Fsp3) is 0.750. The molecule has 1 rings (SSSR count). The molecule has 18 heavy (non-hydrogen) atoms. The molecule has 0 aromatic carbocycles. The summed E-state index contributed by atoms with van der Waals surface area (Å²) in [7, 11) is -2.33. The van der Waals surface area contributed by atoms with Crippen LogP contribution in [0.15, 0.2) is 11.1 Å². The second-order valence-electron chi connectivity index (χ2n) is 5.54. The number of carbonyl (C=O) groups is 1. The van der Waals surface area contributed by atoms with E-state index in [0.29, 0.717) is 6.41 Å². The van der Waals surface area contributed by atoms with E-state index in [0.717, 1.165) is 5.57 Å². The van der Waals surface area contributed by atoms with E-state index in [1.54, 1.807) is 0 Å². The molecule has 0 saturated heterocycles. The first-order valence-electron chi connectivity index (χ1n) is 5.75. The molecule has 102 valence electrons. The predicted molar refractivity (Wildman–Crippen MR) is 77.3 cm³/mol. The van der Waals surface area contributed by atoms with E-state index in [9.17, 15) is 4.79 Å². The largest absolute Gasteiger partial charge is 0.658 e. The summed E-state index contributed by atoms with van der Waals surface area (Å²) >= 11 is 13.6. The Kier molecular flexibility index (Phi) is 5.83. The van der Waals surface area contributed by atoms with Crippen LogP contribution >= 0.6 is 23.2 Å². The van der Waals surface area contributed by atoms with E-state index in [2.05, 4.69) is 18.8 Å². The van der Waals surface area contributed by atoms with Gasteiger partial charge in [-0.2, -0.15) is 0 Å². The number of alkyl halides is 2. The minimum atomic E-state index is -2.33. The Balaban J connectivity index is 0.00000289. The molecule has 6 heteroatoms. The van der Waals surface area contributed by atoms with E-state index < -0.39 is 17.6 Å². The molecule has 1 aliphatic rings. The van der Waals surface area contributed by atoms with Crippen molar-refractivity contribution in [1.29, 1.82) is 0 Å². The predicted octanol–water partition coefficient (Wildman–Crippen LogP) is 4.22. The van der Waals surface area contributed by atoms with Gasteiger partial charge >= 0.3 is 0 Å². The summed E-state index contributed by atoms with van der Waals surface area (Å²) in [6.07, 6.45) is 0.624. The molecule has 1 amide bonds. The number of allylic oxidation sites excluding steroid dienone is 2. The molecule has 0 heterocycles. The zero-order chi connectivity index (χ0) is 13.6. The maximum Gasteiger partial charge on any atom is 0.0781 e. The first-order chi connectivity index (χ1) is 7.54. The molecular formula is C12H20Cl2NOSiTi-. The number of nitrogens with zero attached hydrogens (tertiary/aromatic N) is 1. The van der Waals surface area contributed by atoms with Gasteiger partial charge in [-0.25, -0.2) is 0 Å². The third-order valence-corrected chi connectivity index (χ3v) is 10.9. The fourth-order valence-corrected chi connectivity index (χ4v) is 7.53. The summed E-state index contributed by atoms with van der Waals surface area (Å²) in [5.41, 5.74) is 2.34. The van der Waals surface area contributed by atoms with Crippen LogP contribution in [0.3, 0.4) is 0 Å². The minimum Gasteiger partial charge on any atom is -0.658 e. The zero-order valence-corrected chi connectivity index (χ0v) is 15.8. The SMILES string of the molecule is CC1=C(C)C(C)(Cl)C(Cl)([Si](C)(C)[N-]C=O)C1C.[Ti]. The van der Waals surface area contributed by atoms with Gasteiger partial charge in [0, 0.05) is 32.6 Å². The van der Waals surface area contributed by atoms with Gasteiger partial charge in [-0.15, -0.1) is 23.2 Å². The van der Waals surface area contributed by atoms with Gasteiger partial charge in [0.15, 0.2) is 0 Å². The number of amides is 1. The van der Waals surface area contributed by atoms with Gasteiger partial charge in [-0.3, -0.25) is 0 Å². The van der Waals surface area contributed by atoms with Crippen LogP contribution < -0.4 is 0 Å². The van der Waals surface area contributed by atoms with Crippen molar-refractivity contribution in [2.75, 3.05) is 0 Å². The molecule has 0 radical (unpaired) electrons. The van der Waals surface area contributed by atoms with Crippen molar-refractivity contribution in [3.63, 3.8) is 0 Å². The number of halogens is 2. The number of hydrogen-bond donors (Lipinski definition) is 0. The Morgan fingerprint density at radius 2 is 1.78 bits per heavy atom. The molecule has 1 aliphatic carbocycles. The van der Waals surface area contributed by atoms with Crippen LogP contribution in [-0.4, -0.2) is 24.0 Å². The van der Waals surface area contributed by atoms with Gasteiger partial charge in [0.1, 0.15) is 0 Å². The molecule has 0 N–H and O–H groups in total. The van der Waals surface area contributed by atoms with Crippen LogP contribution in [0.5, 0.6) is 0 Å². The quantitative estimate of drug-likeness (QED) is 0.327. The van der Waals surface area contributed by atoms with Crippen LogP contribution in [0.4, 0.5) is 0 Å². The number of carbonyl (C=O) groups excluding carboxylic acids is 1. The maximum atomic E-state index is 10.8. The second kappa shape index (κ2) is 5.61. The Hall–Kier alpha value is 0.721. The Morgan fingerprint density at radius 3 is 2.06 bits per heavy atom. The second-order valence-corrected chi connectivity index (χ2v) is 11.4. The smallest absolute Gasteiger partial charge is 0.0781 e. The van der Waals surface area contributed by atoms with E-state index in [4.69, 9.17) is 23.2 Å². The van der Waals surface area contributed by atoms with Crippen LogP contribution in [0, 0.1) is 5.92 Å². The maximum absolute atomic E-state index is 10.8. The number of rotatable bonds is 3. The van der Waals surface area contributed by atoms with Gasteiger partial charge in [0.05, 0.1) is 4.87 Å². The number of hydrogen-bond acceptors (Lipinski definition) is 1. The molecular weight excluding hydrogens is 321 g/mol. The Bertz CT molecular complexity index is 384. The Morgan fingerprint density at radius 1 is 1.33 bits per heavy atom. The molecule has 0 bridgehead atoms. The molecule has 0 aliphatic heterocycles. The van der Waals surface area contributed by atoms with Crippen molar-refractivity contribution in [3.8, 4) is 0 Å². The van der Waals surface area contributed by atoms with Gasteiger partial charge in [0.25, 0.3) is 0 Å². The van der Waals surface area contributed by atoms with Crippen LogP contribution in [0.25, 0.3) is 4.98 Å². The van der Waals surface area contributed by atoms with E-state index >= 15 is 0 Å². The van der Waals surface area contributed by atoms with Gasteiger partial charge in [0.2, 0.25) is 0 Å². The van der Waals surface area contributed by atoms with Gasteiger partial charge < -0.3 is 9.78 Å². The van der Waals surface area contributed by atoms with E-state index in [-0.39, 0.29) is 27.6 Å². The van der Waals surface area contributed by atoms with Crippen molar-refractivity contribution in [3.05, 3.63) is 16.1 Å². The monoisotopic (exact) mass is 340 g/mol. The van der Waals surface area contributed by atoms with Gasteiger partial charge in [-0.05, 0) is 34.9 Å². The summed E-state index contributed by atoms with van der Waals surface area (Å²) in [5, 5.41) is 0. The standard InChI is InChI=1S/C12H21Cl2NOSi.Ti/c1-8-9(2)11(4,13)12(14,10(8)3)17(5,6)15-7-16;/h7,10H,1-6H3,(H,15,16);/p-1. The third-order valence-electron chi connectivity index (χ3n) is 4.49. The van der Waals surface area contributed by atoms with Crippen molar-refractivity contribution in [2.24, 2.45) is 5.92 Å². The third kappa shape index (κ3) is 2.26. The molecule has 2 nitrogen and oxygen atoms in total. The summed E-state index contributed by atoms with van der Waals surface area (Å²) in [5.74, 6) is 0.136. The summed E-state index contributed by atoms with van der Waals surface area (Å²) in [6, 6.07) is 0. The molecule has 0 fully saturated rings. The normalized spacial score (nSPS) is 36.3. The van der Waals surface area contributed by atoms with Crippen molar-refractivity contribution >= 4 is 37.8 Å². The first-order valence-corrected chi connectivity index (χ1v) is 9.45. The van der Waals surface area contributed by atoms with Crippen LogP contribution in [-0.2, 0) is 26.5 Å². The van der Waals surface area contributed by atoms with Crippen molar-refractivity contribution in [2.45, 2.75) is 50.2 Å². The molecule has 0 aromatic rings. The summed E-state index contributed by atoms with van der Waals surface area (Å²) in [4.78, 5) is 14.3. The molecule has 3 atom stereocenters. The zero-order valence-electron chi connectivity index (χ0n) is 11.8. The van der Waals surface area contributed by atoms with Gasteiger partial charge in [-0.1, -0.05) is 31.2 Å². The first kappa shape index (κ1) is 18.7. The minimum absolute atomic E-state index is 0. The van der Waals surface area contributed by atoms with Crippen molar-refractivity contribution in [1.82, 2.24) is 0 Å². The van der Waals surface area contributed by atoms with E-state index in [1.165, 1.54) is 5.57 Å². The average Bonchev–Trinajstić information content (AvgIpc) is 2.33. The summed E-state index contributed by atoms with van der Waals surface area (Å²) in [6.45, 7) is 12.1. The van der Waals surface area contributed by atoms with E-state index in [1.807, 2.05) is 26.9 Å². The molecule has 3 unspecified atom stereocenters. The van der Waals surface area contributed by atoms with Crippen LogP contribution in [0.2, 0.25) is 13.1 Å². The Labute approximate surface area is 136 Å². The average molecular weight is 341 g/mol. The fourth-order valence-electron chi connectivity index (χ4n) is 3.00. The molecule has 0 aromatic heterocycles. The van der Waals surface area contributed by atoms with Crippen molar-refractivity contribution < 1.29 is 26.5 Å². The summed E-state index contributed by atoms with van der Waals surface area (Å²) < 4.78 is -0.656. The molecule has 0 spiro atoms. The molecule has 0 saturated carbocycles. The van der Waals surface area contributed by atoms with Crippen LogP contribution in [0.1, 0.15) is 27.7 Å².